The average Bonchev–Trinajstić information content (AvgIpc) is 2.56. The summed E-state index contributed by atoms with van der Waals surface area (Å²) in [5.41, 5.74) is 1.74. The third kappa shape index (κ3) is 4.32. The number of hydrogen-bond donors (Lipinski definition) is 1. The van der Waals surface area contributed by atoms with Crippen molar-refractivity contribution in [2.45, 2.75) is 45.3 Å². The first-order chi connectivity index (χ1) is 11.1. The molecule has 0 bridgehead atoms. The molecule has 126 valence electrons. The van der Waals surface area contributed by atoms with Gasteiger partial charge in [0.1, 0.15) is 6.04 Å². The highest BCUT2D eigenvalue weighted by atomic mass is 16.3. The highest BCUT2D eigenvalue weighted by Crippen LogP contribution is 2.18. The number of hydrogen-bond acceptors (Lipinski definition) is 3. The average molecular weight is 318 g/mol. The predicted molar refractivity (Wildman–Crippen MR) is 88.7 cm³/mol. The van der Waals surface area contributed by atoms with Crippen LogP contribution in [-0.2, 0) is 22.6 Å². The number of carbonyl (C=O) groups is 2. The van der Waals surface area contributed by atoms with Gasteiger partial charge < -0.3 is 14.9 Å². The topological polar surface area (TPSA) is 60.9 Å². The van der Waals surface area contributed by atoms with E-state index in [1.165, 1.54) is 0 Å². The van der Waals surface area contributed by atoms with Crippen LogP contribution in [0.5, 0.6) is 0 Å². The Hall–Kier alpha value is -1.88. The van der Waals surface area contributed by atoms with Gasteiger partial charge in [-0.05, 0) is 17.5 Å². The molecule has 2 rings (SSSR count). The van der Waals surface area contributed by atoms with E-state index in [2.05, 4.69) is 6.92 Å². The van der Waals surface area contributed by atoms with Crippen LogP contribution in [0.3, 0.4) is 0 Å². The van der Waals surface area contributed by atoms with E-state index in [1.54, 1.807) is 16.8 Å². The van der Waals surface area contributed by atoms with Gasteiger partial charge in [0.15, 0.2) is 0 Å². The Morgan fingerprint density at radius 3 is 2.48 bits per heavy atom. The van der Waals surface area contributed by atoms with Crippen molar-refractivity contribution in [3.8, 4) is 0 Å². The van der Waals surface area contributed by atoms with Crippen molar-refractivity contribution in [1.82, 2.24) is 9.80 Å². The maximum absolute atomic E-state index is 12.7. The fourth-order valence-corrected chi connectivity index (χ4v) is 2.93. The lowest BCUT2D eigenvalue weighted by molar-refractivity contribution is -0.150. The zero-order valence-corrected chi connectivity index (χ0v) is 14.0. The molecule has 1 fully saturated rings. The molecule has 2 amide bonds. The van der Waals surface area contributed by atoms with Crippen molar-refractivity contribution < 1.29 is 14.7 Å². The Morgan fingerprint density at radius 1 is 1.22 bits per heavy atom. The van der Waals surface area contributed by atoms with Crippen LogP contribution in [0, 0.1) is 0 Å². The number of unbranched alkanes of at least 4 members (excludes halogenated alkanes) is 1. The van der Waals surface area contributed by atoms with Crippen LogP contribution in [-0.4, -0.2) is 52.9 Å². The number of benzene rings is 1. The van der Waals surface area contributed by atoms with Gasteiger partial charge in [-0.15, -0.1) is 0 Å². The van der Waals surface area contributed by atoms with Crippen LogP contribution >= 0.6 is 0 Å². The van der Waals surface area contributed by atoms with E-state index in [9.17, 15) is 9.59 Å². The third-order valence-electron chi connectivity index (χ3n) is 4.43. The molecule has 0 radical (unpaired) electrons. The van der Waals surface area contributed by atoms with E-state index in [-0.39, 0.29) is 24.5 Å². The molecule has 1 atom stereocenters. The van der Waals surface area contributed by atoms with Gasteiger partial charge in [0, 0.05) is 20.1 Å². The van der Waals surface area contributed by atoms with Crippen molar-refractivity contribution in [3.63, 3.8) is 0 Å². The van der Waals surface area contributed by atoms with Crippen LogP contribution in [0.2, 0.25) is 0 Å². The molecule has 1 heterocycles. The monoisotopic (exact) mass is 318 g/mol. The van der Waals surface area contributed by atoms with Crippen LogP contribution in [0.25, 0.3) is 0 Å². The molecular formula is C18H26N2O3. The minimum Gasteiger partial charge on any atom is -0.392 e. The molecule has 1 aromatic rings. The van der Waals surface area contributed by atoms with Gasteiger partial charge in [-0.25, -0.2) is 0 Å². The Morgan fingerprint density at radius 2 is 1.87 bits per heavy atom. The van der Waals surface area contributed by atoms with Crippen molar-refractivity contribution >= 4 is 11.8 Å². The smallest absolute Gasteiger partial charge is 0.245 e. The van der Waals surface area contributed by atoms with E-state index in [4.69, 9.17) is 5.11 Å². The molecule has 5 nitrogen and oxygen atoms in total. The van der Waals surface area contributed by atoms with E-state index >= 15 is 0 Å². The van der Waals surface area contributed by atoms with Gasteiger partial charge in [0.2, 0.25) is 11.8 Å². The number of rotatable bonds is 6. The minimum atomic E-state index is -0.321. The first-order valence-electron chi connectivity index (χ1n) is 8.30. The molecule has 1 unspecified atom stereocenters. The largest absolute Gasteiger partial charge is 0.392 e. The molecule has 1 aliphatic heterocycles. The third-order valence-corrected chi connectivity index (χ3v) is 4.43. The Bertz CT molecular complexity index is 542. The molecule has 1 saturated heterocycles. The van der Waals surface area contributed by atoms with Crippen LogP contribution in [0.4, 0.5) is 0 Å². The molecule has 5 heteroatoms. The number of amides is 2. The minimum absolute atomic E-state index is 0.000278. The molecule has 1 aromatic carbocycles. The fraction of sp³-hybridized carbons (Fsp3) is 0.556. The van der Waals surface area contributed by atoms with E-state index < -0.39 is 0 Å². The summed E-state index contributed by atoms with van der Waals surface area (Å²) in [6, 6.07) is 7.06. The quantitative estimate of drug-likeness (QED) is 0.866. The summed E-state index contributed by atoms with van der Waals surface area (Å²) in [4.78, 5) is 28.5. The lowest BCUT2D eigenvalue weighted by Crippen LogP contribution is -2.57. The summed E-state index contributed by atoms with van der Waals surface area (Å²) >= 11 is 0. The van der Waals surface area contributed by atoms with Gasteiger partial charge in [-0.2, -0.15) is 0 Å². The molecule has 23 heavy (non-hydrogen) atoms. The summed E-state index contributed by atoms with van der Waals surface area (Å²) in [7, 11) is 1.80. The zero-order chi connectivity index (χ0) is 16.8. The fourth-order valence-electron chi connectivity index (χ4n) is 2.93. The van der Waals surface area contributed by atoms with Gasteiger partial charge >= 0.3 is 0 Å². The highest BCUT2D eigenvalue weighted by Gasteiger charge is 2.35. The van der Waals surface area contributed by atoms with Crippen molar-refractivity contribution in [2.24, 2.45) is 0 Å². The second-order valence-electron chi connectivity index (χ2n) is 6.16. The summed E-state index contributed by atoms with van der Waals surface area (Å²) in [5.74, 6) is 0.0537. The van der Waals surface area contributed by atoms with Crippen molar-refractivity contribution in [2.75, 3.05) is 20.1 Å². The predicted octanol–water partition coefficient (Wildman–Crippen LogP) is 1.58. The second kappa shape index (κ2) is 8.11. The van der Waals surface area contributed by atoms with Crippen LogP contribution < -0.4 is 0 Å². The molecule has 0 aliphatic carbocycles. The van der Waals surface area contributed by atoms with Crippen LogP contribution in [0.1, 0.15) is 37.3 Å². The van der Waals surface area contributed by atoms with E-state index in [0.29, 0.717) is 19.5 Å². The van der Waals surface area contributed by atoms with E-state index in [0.717, 1.165) is 30.4 Å². The number of aliphatic hydroxyl groups excluding tert-OH is 1. The second-order valence-corrected chi connectivity index (χ2v) is 6.16. The van der Waals surface area contributed by atoms with E-state index in [1.807, 2.05) is 24.3 Å². The van der Waals surface area contributed by atoms with Gasteiger partial charge in [0.25, 0.3) is 0 Å². The molecule has 0 aromatic heterocycles. The maximum Gasteiger partial charge on any atom is 0.245 e. The van der Waals surface area contributed by atoms with Crippen LogP contribution in [0.15, 0.2) is 24.3 Å². The summed E-state index contributed by atoms with van der Waals surface area (Å²) in [6.45, 7) is 3.28. The zero-order valence-electron chi connectivity index (χ0n) is 14.0. The maximum atomic E-state index is 12.7. The van der Waals surface area contributed by atoms with Crippen molar-refractivity contribution in [3.05, 3.63) is 35.4 Å². The lowest BCUT2D eigenvalue weighted by atomic mass is 10.0. The first-order valence-corrected chi connectivity index (χ1v) is 8.30. The Balaban J connectivity index is 2.06. The Kier molecular flexibility index (Phi) is 6.16. The number of likely N-dealkylation sites (N-methyl/N-ethyl adjacent to an activating group) is 1. The normalized spacial score (nSPS) is 18.4. The summed E-state index contributed by atoms with van der Waals surface area (Å²) in [5, 5.41) is 9.07. The number of carbonyl (C=O) groups excluding carboxylic acids is 2. The first kappa shape index (κ1) is 17.5. The number of aliphatic hydroxyl groups is 1. The van der Waals surface area contributed by atoms with Crippen molar-refractivity contribution in [1.29, 1.82) is 0 Å². The SMILES string of the molecule is CCCCC1C(=O)N(C)CCN1C(=O)Cc1ccc(CO)cc1. The lowest BCUT2D eigenvalue weighted by Gasteiger charge is -2.39. The number of nitrogens with zero attached hydrogens (tertiary/aromatic N) is 2. The standard InChI is InChI=1S/C18H26N2O3/c1-3-4-5-16-18(23)19(2)10-11-20(16)17(22)12-14-6-8-15(13-21)9-7-14/h6-9,16,21H,3-5,10-13H2,1-2H3. The molecule has 0 spiro atoms. The van der Waals surface area contributed by atoms with Gasteiger partial charge in [-0.3, -0.25) is 9.59 Å². The van der Waals surface area contributed by atoms with Gasteiger partial charge in [-0.1, -0.05) is 44.0 Å². The molecule has 1 N–H and O–H groups in total. The molecule has 1 aliphatic rings. The van der Waals surface area contributed by atoms with Gasteiger partial charge in [0.05, 0.1) is 13.0 Å². The molecule has 0 saturated carbocycles. The molecular weight excluding hydrogens is 292 g/mol. The highest BCUT2D eigenvalue weighted by molar-refractivity contribution is 5.89. The number of piperazine rings is 1. The summed E-state index contributed by atoms with van der Waals surface area (Å²) < 4.78 is 0. The summed E-state index contributed by atoms with van der Waals surface area (Å²) in [6.07, 6.45) is 2.98. The Labute approximate surface area is 137 Å².